The summed E-state index contributed by atoms with van der Waals surface area (Å²) in [5, 5.41) is 0. The van der Waals surface area contributed by atoms with Gasteiger partial charge in [-0.05, 0) is 25.2 Å². The molecule has 0 aromatic carbocycles. The molecular formula is C13H22O2. The van der Waals surface area contributed by atoms with Gasteiger partial charge in [-0.2, -0.15) is 0 Å². The predicted molar refractivity (Wildman–Crippen MR) is 61.6 cm³/mol. The van der Waals surface area contributed by atoms with Crippen LogP contribution in [0.5, 0.6) is 0 Å². The van der Waals surface area contributed by atoms with Crippen molar-refractivity contribution in [3.63, 3.8) is 0 Å². The van der Waals surface area contributed by atoms with Crippen molar-refractivity contribution < 1.29 is 9.53 Å². The van der Waals surface area contributed by atoms with Gasteiger partial charge in [0.15, 0.2) is 0 Å². The molecule has 86 valence electrons. The van der Waals surface area contributed by atoms with Crippen molar-refractivity contribution in [2.24, 2.45) is 5.92 Å². The summed E-state index contributed by atoms with van der Waals surface area (Å²) in [6.45, 7) is 2.16. The van der Waals surface area contributed by atoms with Gasteiger partial charge in [0.1, 0.15) is 0 Å². The van der Waals surface area contributed by atoms with Gasteiger partial charge in [-0.1, -0.05) is 38.2 Å². The van der Waals surface area contributed by atoms with E-state index in [0.717, 1.165) is 12.8 Å². The second kappa shape index (κ2) is 6.65. The molecule has 0 radical (unpaired) electrons. The highest BCUT2D eigenvalue weighted by molar-refractivity contribution is 5.82. The van der Waals surface area contributed by atoms with Crippen molar-refractivity contribution in [3.05, 3.63) is 11.6 Å². The van der Waals surface area contributed by atoms with Crippen LogP contribution in [0.25, 0.3) is 0 Å². The molecule has 0 N–H and O–H groups in total. The molecule has 0 unspecified atom stereocenters. The van der Waals surface area contributed by atoms with Crippen molar-refractivity contribution in [1.29, 1.82) is 0 Å². The average molecular weight is 210 g/mol. The van der Waals surface area contributed by atoms with Crippen LogP contribution in [0, 0.1) is 5.92 Å². The van der Waals surface area contributed by atoms with E-state index in [1.165, 1.54) is 44.8 Å². The predicted octanol–water partition coefficient (Wildman–Crippen LogP) is 3.47. The highest BCUT2D eigenvalue weighted by atomic mass is 16.5. The van der Waals surface area contributed by atoms with Gasteiger partial charge in [0.2, 0.25) is 0 Å². The molecule has 1 aliphatic carbocycles. The van der Waals surface area contributed by atoms with Crippen LogP contribution in [-0.2, 0) is 9.53 Å². The minimum absolute atomic E-state index is 0.191. The van der Waals surface area contributed by atoms with E-state index in [-0.39, 0.29) is 5.97 Å². The van der Waals surface area contributed by atoms with Crippen LogP contribution in [0.4, 0.5) is 0 Å². The minimum Gasteiger partial charge on any atom is -0.466 e. The maximum atomic E-state index is 11.2. The summed E-state index contributed by atoms with van der Waals surface area (Å²) in [7, 11) is 1.45. The lowest BCUT2D eigenvalue weighted by Crippen LogP contribution is -2.11. The summed E-state index contributed by atoms with van der Waals surface area (Å²) in [6.07, 6.45) is 10.4. The van der Waals surface area contributed by atoms with E-state index >= 15 is 0 Å². The van der Waals surface area contributed by atoms with Crippen molar-refractivity contribution in [1.82, 2.24) is 0 Å². The van der Waals surface area contributed by atoms with Gasteiger partial charge in [0, 0.05) is 6.08 Å². The van der Waals surface area contributed by atoms with Crippen LogP contribution >= 0.6 is 0 Å². The molecule has 2 heteroatoms. The first-order valence-electron chi connectivity index (χ1n) is 6.06. The molecule has 0 aromatic rings. The van der Waals surface area contributed by atoms with Crippen molar-refractivity contribution in [2.45, 2.75) is 51.9 Å². The Hall–Kier alpha value is -0.790. The maximum absolute atomic E-state index is 11.2. The lowest BCUT2D eigenvalue weighted by Gasteiger charge is -2.24. The smallest absolute Gasteiger partial charge is 0.330 e. The summed E-state index contributed by atoms with van der Waals surface area (Å²) >= 11 is 0. The molecule has 0 aliphatic heterocycles. The first-order chi connectivity index (χ1) is 7.27. The van der Waals surface area contributed by atoms with Crippen LogP contribution in [0.3, 0.4) is 0 Å². The first-order valence-corrected chi connectivity index (χ1v) is 6.06. The van der Waals surface area contributed by atoms with Crippen molar-refractivity contribution >= 4 is 5.97 Å². The molecule has 1 rings (SSSR count). The molecule has 0 aromatic heterocycles. The fraction of sp³-hybridized carbons (Fsp3) is 0.769. The molecule has 1 aliphatic rings. The summed E-state index contributed by atoms with van der Waals surface area (Å²) in [5.74, 6) is 0.446. The summed E-state index contributed by atoms with van der Waals surface area (Å²) in [6, 6.07) is 0. The van der Waals surface area contributed by atoms with Gasteiger partial charge in [0.25, 0.3) is 0 Å². The quantitative estimate of drug-likeness (QED) is 0.524. The van der Waals surface area contributed by atoms with Crippen LogP contribution in [0.15, 0.2) is 11.6 Å². The standard InChI is InChI=1S/C13H22O2/c1-3-7-12(10-13(14)15-2)11-8-5-4-6-9-11/h10-11H,3-9H2,1-2H3. The highest BCUT2D eigenvalue weighted by Gasteiger charge is 2.18. The summed E-state index contributed by atoms with van der Waals surface area (Å²) < 4.78 is 4.70. The van der Waals surface area contributed by atoms with Gasteiger partial charge in [-0.25, -0.2) is 4.79 Å². The molecule has 0 heterocycles. The Balaban J connectivity index is 2.62. The lowest BCUT2D eigenvalue weighted by atomic mass is 9.82. The summed E-state index contributed by atoms with van der Waals surface area (Å²) in [5.41, 5.74) is 1.31. The van der Waals surface area contributed by atoms with Gasteiger partial charge < -0.3 is 4.74 Å². The Morgan fingerprint density at radius 1 is 1.33 bits per heavy atom. The zero-order chi connectivity index (χ0) is 11.1. The minimum atomic E-state index is -0.191. The van der Waals surface area contributed by atoms with Gasteiger partial charge >= 0.3 is 5.97 Å². The lowest BCUT2D eigenvalue weighted by molar-refractivity contribution is -0.134. The number of hydrogen-bond donors (Lipinski definition) is 0. The zero-order valence-corrected chi connectivity index (χ0v) is 9.92. The molecule has 0 amide bonds. The Bertz CT molecular complexity index is 225. The number of methoxy groups -OCH3 is 1. The normalized spacial score (nSPS) is 18.9. The molecule has 0 saturated heterocycles. The largest absolute Gasteiger partial charge is 0.466 e. The first kappa shape index (κ1) is 12.3. The number of hydrogen-bond acceptors (Lipinski definition) is 2. The van der Waals surface area contributed by atoms with Crippen molar-refractivity contribution in [2.75, 3.05) is 7.11 Å². The molecule has 1 saturated carbocycles. The second-order valence-electron chi connectivity index (χ2n) is 4.33. The van der Waals surface area contributed by atoms with Crippen LogP contribution < -0.4 is 0 Å². The van der Waals surface area contributed by atoms with Gasteiger partial charge in [-0.15, -0.1) is 0 Å². The van der Waals surface area contributed by atoms with E-state index in [4.69, 9.17) is 4.74 Å². The molecular weight excluding hydrogens is 188 g/mol. The van der Waals surface area contributed by atoms with Crippen molar-refractivity contribution in [3.8, 4) is 0 Å². The summed E-state index contributed by atoms with van der Waals surface area (Å²) in [4.78, 5) is 11.2. The molecule has 15 heavy (non-hydrogen) atoms. The maximum Gasteiger partial charge on any atom is 0.330 e. The van der Waals surface area contributed by atoms with Crippen LogP contribution in [0.2, 0.25) is 0 Å². The number of esters is 1. The van der Waals surface area contributed by atoms with E-state index in [2.05, 4.69) is 6.92 Å². The Morgan fingerprint density at radius 3 is 2.53 bits per heavy atom. The SMILES string of the molecule is CCCC(=CC(=O)OC)C1CCCCC1. The van der Waals surface area contributed by atoms with E-state index in [9.17, 15) is 4.79 Å². The number of carbonyl (C=O) groups is 1. The molecule has 1 fully saturated rings. The fourth-order valence-corrected chi connectivity index (χ4v) is 2.37. The van der Waals surface area contributed by atoms with Crippen LogP contribution in [-0.4, -0.2) is 13.1 Å². The Morgan fingerprint density at radius 2 is 2.00 bits per heavy atom. The fourth-order valence-electron chi connectivity index (χ4n) is 2.37. The third kappa shape index (κ3) is 4.06. The number of allylic oxidation sites excluding steroid dienone is 1. The van der Waals surface area contributed by atoms with Gasteiger partial charge in [0.05, 0.1) is 7.11 Å². The number of carbonyl (C=O) groups excluding carboxylic acids is 1. The molecule has 2 nitrogen and oxygen atoms in total. The van der Waals surface area contributed by atoms with E-state index < -0.39 is 0 Å². The third-order valence-electron chi connectivity index (χ3n) is 3.17. The highest BCUT2D eigenvalue weighted by Crippen LogP contribution is 2.31. The molecule has 0 bridgehead atoms. The topological polar surface area (TPSA) is 26.3 Å². The number of ether oxygens (including phenoxy) is 1. The Kier molecular flexibility index (Phi) is 5.44. The zero-order valence-electron chi connectivity index (χ0n) is 9.92. The van der Waals surface area contributed by atoms with E-state index in [1.807, 2.05) is 0 Å². The van der Waals surface area contributed by atoms with E-state index in [1.54, 1.807) is 6.08 Å². The average Bonchev–Trinajstić information content (AvgIpc) is 2.29. The second-order valence-corrected chi connectivity index (χ2v) is 4.33. The molecule has 0 spiro atoms. The van der Waals surface area contributed by atoms with Gasteiger partial charge in [-0.3, -0.25) is 0 Å². The molecule has 0 atom stereocenters. The van der Waals surface area contributed by atoms with E-state index in [0.29, 0.717) is 5.92 Å². The number of rotatable bonds is 4. The van der Waals surface area contributed by atoms with Crippen LogP contribution in [0.1, 0.15) is 51.9 Å². The Labute approximate surface area is 92.7 Å². The monoisotopic (exact) mass is 210 g/mol. The third-order valence-corrected chi connectivity index (χ3v) is 3.17.